The number of terminal acetylenes is 1. The number of ether oxygens (including phenoxy) is 1. The molecule has 0 aromatic heterocycles. The second-order valence-electron chi connectivity index (χ2n) is 4.62. The van der Waals surface area contributed by atoms with Gasteiger partial charge in [0.25, 0.3) is 0 Å². The number of benzene rings is 1. The van der Waals surface area contributed by atoms with Crippen molar-refractivity contribution in [1.82, 2.24) is 0 Å². The van der Waals surface area contributed by atoms with E-state index in [1.165, 1.54) is 0 Å². The van der Waals surface area contributed by atoms with Crippen molar-refractivity contribution in [1.29, 1.82) is 0 Å². The number of hydrogen-bond donors (Lipinski definition) is 1. The molecule has 0 spiro atoms. The molecule has 1 aliphatic rings. The normalized spacial score (nSPS) is 22.6. The molecule has 94 valence electrons. The topological polar surface area (TPSA) is 46.5 Å². The third kappa shape index (κ3) is 3.12. The number of hydrogen-bond acceptors (Lipinski definition) is 2. The number of rotatable bonds is 4. The Morgan fingerprint density at radius 2 is 2.11 bits per heavy atom. The van der Waals surface area contributed by atoms with E-state index in [0.717, 1.165) is 24.0 Å². The molecule has 0 saturated heterocycles. The largest absolute Gasteiger partial charge is 0.481 e. The SMILES string of the molecule is C#Cc1ccc(CO[C@@H]2CCC(C(=O)O)C2)cc1. The fraction of sp³-hybridized carbons (Fsp3) is 0.400. The third-order valence-corrected chi connectivity index (χ3v) is 3.34. The Bertz CT molecular complexity index is 456. The molecule has 18 heavy (non-hydrogen) atoms. The van der Waals surface area contributed by atoms with E-state index in [9.17, 15) is 4.79 Å². The summed E-state index contributed by atoms with van der Waals surface area (Å²) in [7, 11) is 0. The molecule has 2 atom stereocenters. The predicted octanol–water partition coefficient (Wildman–Crippen LogP) is 2.44. The molecular weight excluding hydrogens is 228 g/mol. The van der Waals surface area contributed by atoms with E-state index >= 15 is 0 Å². The average Bonchev–Trinajstić information content (AvgIpc) is 2.86. The maximum atomic E-state index is 10.8. The van der Waals surface area contributed by atoms with Gasteiger partial charge in [-0.15, -0.1) is 6.42 Å². The lowest BCUT2D eigenvalue weighted by Gasteiger charge is -2.11. The monoisotopic (exact) mass is 244 g/mol. The Labute approximate surface area is 107 Å². The molecule has 1 fully saturated rings. The standard InChI is InChI=1S/C15H16O3/c1-2-11-3-5-12(6-4-11)10-18-14-8-7-13(9-14)15(16)17/h1,3-6,13-14H,7-10H2,(H,16,17)/t13?,14-/m1/s1. The summed E-state index contributed by atoms with van der Waals surface area (Å²) in [6.45, 7) is 0.516. The van der Waals surface area contributed by atoms with Crippen LogP contribution < -0.4 is 0 Å². The predicted molar refractivity (Wildman–Crippen MR) is 67.9 cm³/mol. The second kappa shape index (κ2) is 5.70. The summed E-state index contributed by atoms with van der Waals surface area (Å²) < 4.78 is 5.73. The fourth-order valence-corrected chi connectivity index (χ4v) is 2.23. The van der Waals surface area contributed by atoms with Gasteiger partial charge in [-0.1, -0.05) is 18.1 Å². The summed E-state index contributed by atoms with van der Waals surface area (Å²) in [5.41, 5.74) is 1.92. The zero-order valence-corrected chi connectivity index (χ0v) is 10.1. The van der Waals surface area contributed by atoms with Crippen molar-refractivity contribution >= 4 is 5.97 Å². The third-order valence-electron chi connectivity index (χ3n) is 3.34. The quantitative estimate of drug-likeness (QED) is 0.827. The summed E-state index contributed by atoms with van der Waals surface area (Å²) in [4.78, 5) is 10.8. The molecule has 0 aliphatic heterocycles. The second-order valence-corrected chi connectivity index (χ2v) is 4.62. The highest BCUT2D eigenvalue weighted by Gasteiger charge is 2.30. The Morgan fingerprint density at radius 1 is 1.39 bits per heavy atom. The summed E-state index contributed by atoms with van der Waals surface area (Å²) in [5, 5.41) is 8.90. The maximum absolute atomic E-state index is 10.8. The fourth-order valence-electron chi connectivity index (χ4n) is 2.23. The number of carboxylic acids is 1. The van der Waals surface area contributed by atoms with Crippen LogP contribution in [0.25, 0.3) is 0 Å². The van der Waals surface area contributed by atoms with Gasteiger partial charge in [0.05, 0.1) is 18.6 Å². The van der Waals surface area contributed by atoms with Gasteiger partial charge in [0, 0.05) is 5.56 Å². The Hall–Kier alpha value is -1.79. The van der Waals surface area contributed by atoms with E-state index < -0.39 is 5.97 Å². The zero-order chi connectivity index (χ0) is 13.0. The average molecular weight is 244 g/mol. The van der Waals surface area contributed by atoms with Crippen LogP contribution in [-0.2, 0) is 16.1 Å². The lowest BCUT2D eigenvalue weighted by molar-refractivity contribution is -0.141. The van der Waals surface area contributed by atoms with Gasteiger partial charge in [-0.05, 0) is 37.0 Å². The van der Waals surface area contributed by atoms with Crippen molar-refractivity contribution in [2.75, 3.05) is 0 Å². The van der Waals surface area contributed by atoms with E-state index in [4.69, 9.17) is 16.3 Å². The van der Waals surface area contributed by atoms with E-state index in [1.807, 2.05) is 24.3 Å². The van der Waals surface area contributed by atoms with Crippen LogP contribution >= 0.6 is 0 Å². The van der Waals surface area contributed by atoms with Crippen molar-refractivity contribution in [3.8, 4) is 12.3 Å². The van der Waals surface area contributed by atoms with Gasteiger partial charge in [-0.2, -0.15) is 0 Å². The van der Waals surface area contributed by atoms with Gasteiger partial charge >= 0.3 is 5.97 Å². The first-order chi connectivity index (χ1) is 8.69. The van der Waals surface area contributed by atoms with Gasteiger partial charge in [0.15, 0.2) is 0 Å². The molecule has 1 aliphatic carbocycles. The zero-order valence-electron chi connectivity index (χ0n) is 10.1. The molecule has 1 N–H and O–H groups in total. The summed E-state index contributed by atoms with van der Waals surface area (Å²) in [6, 6.07) is 7.65. The van der Waals surface area contributed by atoms with Crippen LogP contribution in [0.1, 0.15) is 30.4 Å². The first kappa shape index (κ1) is 12.7. The van der Waals surface area contributed by atoms with Crippen LogP contribution in [0.3, 0.4) is 0 Å². The van der Waals surface area contributed by atoms with Crippen molar-refractivity contribution in [2.45, 2.75) is 32.0 Å². The molecule has 0 bridgehead atoms. The Kier molecular flexibility index (Phi) is 4.01. The number of carbonyl (C=O) groups is 1. The van der Waals surface area contributed by atoms with Crippen molar-refractivity contribution in [2.24, 2.45) is 5.92 Å². The van der Waals surface area contributed by atoms with Crippen LogP contribution in [0, 0.1) is 18.3 Å². The molecule has 2 rings (SSSR count). The smallest absolute Gasteiger partial charge is 0.306 e. The molecule has 0 heterocycles. The van der Waals surface area contributed by atoms with Crippen LogP contribution in [0.5, 0.6) is 0 Å². The minimum Gasteiger partial charge on any atom is -0.481 e. The Morgan fingerprint density at radius 3 is 2.67 bits per heavy atom. The van der Waals surface area contributed by atoms with E-state index in [0.29, 0.717) is 13.0 Å². The molecule has 1 saturated carbocycles. The van der Waals surface area contributed by atoms with Crippen molar-refractivity contribution < 1.29 is 14.6 Å². The summed E-state index contributed by atoms with van der Waals surface area (Å²) in [5.74, 6) is 1.62. The van der Waals surface area contributed by atoms with Gasteiger partial charge in [-0.25, -0.2) is 0 Å². The first-order valence-electron chi connectivity index (χ1n) is 6.09. The molecule has 0 amide bonds. The molecule has 3 heteroatoms. The first-order valence-corrected chi connectivity index (χ1v) is 6.09. The Balaban J connectivity index is 1.82. The molecule has 3 nitrogen and oxygen atoms in total. The summed E-state index contributed by atoms with van der Waals surface area (Å²) >= 11 is 0. The molecule has 0 radical (unpaired) electrons. The minimum atomic E-state index is -0.709. The molecule has 1 aromatic carbocycles. The van der Waals surface area contributed by atoms with Gasteiger partial charge in [0.1, 0.15) is 0 Å². The number of carboxylic acid groups (broad SMARTS) is 1. The van der Waals surface area contributed by atoms with E-state index in [-0.39, 0.29) is 12.0 Å². The molecule has 1 aromatic rings. The molecular formula is C15H16O3. The van der Waals surface area contributed by atoms with Crippen LogP contribution in [0.4, 0.5) is 0 Å². The van der Waals surface area contributed by atoms with Crippen LogP contribution in [0.15, 0.2) is 24.3 Å². The maximum Gasteiger partial charge on any atom is 0.306 e. The minimum absolute atomic E-state index is 0.0680. The highest BCUT2D eigenvalue weighted by atomic mass is 16.5. The summed E-state index contributed by atoms with van der Waals surface area (Å²) in [6.07, 6.45) is 7.52. The van der Waals surface area contributed by atoms with E-state index in [2.05, 4.69) is 5.92 Å². The van der Waals surface area contributed by atoms with Crippen LogP contribution in [-0.4, -0.2) is 17.2 Å². The van der Waals surface area contributed by atoms with E-state index in [1.54, 1.807) is 0 Å². The number of aliphatic carboxylic acids is 1. The van der Waals surface area contributed by atoms with Gasteiger partial charge < -0.3 is 9.84 Å². The van der Waals surface area contributed by atoms with Crippen LogP contribution in [0.2, 0.25) is 0 Å². The highest BCUT2D eigenvalue weighted by Crippen LogP contribution is 2.28. The highest BCUT2D eigenvalue weighted by molar-refractivity contribution is 5.70. The lowest BCUT2D eigenvalue weighted by Crippen LogP contribution is -2.13. The van der Waals surface area contributed by atoms with Crippen molar-refractivity contribution in [3.63, 3.8) is 0 Å². The lowest BCUT2D eigenvalue weighted by atomic mass is 10.1. The van der Waals surface area contributed by atoms with Gasteiger partial charge in [0.2, 0.25) is 0 Å². The van der Waals surface area contributed by atoms with Crippen molar-refractivity contribution in [3.05, 3.63) is 35.4 Å². The van der Waals surface area contributed by atoms with Gasteiger partial charge in [-0.3, -0.25) is 4.79 Å². The molecule has 1 unspecified atom stereocenters.